The Morgan fingerprint density at radius 2 is 1.67 bits per heavy atom. The van der Waals surface area contributed by atoms with E-state index in [-0.39, 0.29) is 36.2 Å². The van der Waals surface area contributed by atoms with Gasteiger partial charge in [-0.3, -0.25) is 19.7 Å². The van der Waals surface area contributed by atoms with Crippen LogP contribution in [0.3, 0.4) is 0 Å². The molecule has 5 heterocycles. The van der Waals surface area contributed by atoms with Crippen molar-refractivity contribution in [3.8, 4) is 5.75 Å². The van der Waals surface area contributed by atoms with Gasteiger partial charge in [-0.05, 0) is 24.1 Å². The first-order chi connectivity index (χ1) is 28.2. The number of carbonyl (C=O) groups is 4. The first kappa shape index (κ1) is 40.2. The monoisotopic (exact) mass is 901 g/mol. The van der Waals surface area contributed by atoms with Crippen molar-refractivity contribution in [1.82, 2.24) is 34.6 Å². The minimum absolute atomic E-state index is 0.0103. The third-order valence-electron chi connectivity index (χ3n) is 12.3. The predicted octanol–water partition coefficient (Wildman–Crippen LogP) is 1.73. The van der Waals surface area contributed by atoms with Crippen molar-refractivity contribution in [2.24, 2.45) is 5.92 Å². The van der Waals surface area contributed by atoms with Crippen LogP contribution < -0.4 is 36.2 Å². The molecule has 1 atom stereocenters. The Morgan fingerprint density at radius 3 is 2.40 bits per heavy atom. The molecule has 0 spiro atoms. The zero-order valence-corrected chi connectivity index (χ0v) is 35.7. The van der Waals surface area contributed by atoms with Gasteiger partial charge in [0, 0.05) is 19.5 Å². The Labute approximate surface area is 350 Å². The van der Waals surface area contributed by atoms with E-state index in [4.69, 9.17) is 14.7 Å². The van der Waals surface area contributed by atoms with Gasteiger partial charge in [0.2, 0.25) is 11.8 Å². The van der Waals surface area contributed by atoms with Crippen LogP contribution in [-0.4, -0.2) is 119 Å². The number of nitrogens with one attached hydrogen (secondary N) is 1. The quantitative estimate of drug-likeness (QED) is 0.128. The number of amides is 4. The number of ether oxygens (including phenoxy) is 1. The Balaban J connectivity index is 0.761. The number of piperidine rings is 2. The first-order valence-electron chi connectivity index (χ1n) is 20.8. The number of hydrogen-bond donors (Lipinski definition) is 1. The van der Waals surface area contributed by atoms with Gasteiger partial charge in [0.15, 0.2) is 6.61 Å². The van der Waals surface area contributed by atoms with Crippen molar-refractivity contribution in [3.05, 3.63) is 79.5 Å². The molecule has 1 N–H and O–H groups in total. The zero-order valence-electron chi connectivity index (χ0n) is 33.6. The molecule has 8 rings (SSSR count). The molecule has 3 aliphatic heterocycles. The van der Waals surface area contributed by atoms with Gasteiger partial charge < -0.3 is 9.64 Å². The molecule has 13 nitrogen and oxygen atoms in total. The maximum atomic E-state index is 13.1. The summed E-state index contributed by atoms with van der Waals surface area (Å²) in [6.45, 7) is 6.66. The fourth-order valence-electron chi connectivity index (χ4n) is 8.91. The molecule has 3 saturated heterocycles. The molecule has 308 valence electrons. The van der Waals surface area contributed by atoms with Crippen LogP contribution in [0, 0.1) is 13.3 Å². The number of imide groups is 1. The van der Waals surface area contributed by atoms with Gasteiger partial charge in [0.05, 0.1) is 5.92 Å². The van der Waals surface area contributed by atoms with E-state index in [9.17, 15) is 19.2 Å². The van der Waals surface area contributed by atoms with Crippen LogP contribution in [0.25, 0.3) is 11.0 Å². The first-order valence-corrected chi connectivity index (χ1v) is 23.0. The standard InChI is InChI=1S/C44H54IN8O5/c1-49(2)43(57)38-27-32-28-46-44(48-41(32)53(38)35-7-3-4-8-35)45-33-10-12-34(13-11-33)51-24-22-50(23-25-51)19-16-30-17-20-52(21-18-30)40(55)29-58-36-9-5-6-31(26-36)37-14-15-39(54)47-42(37)56/h5-6,9-13,26-28,30,35,37H,3-4,7-8,14-25,29H2,1-2H3,(H,47,54,56)/q-1. The van der Waals surface area contributed by atoms with E-state index in [1.54, 1.807) is 31.1 Å². The summed E-state index contributed by atoms with van der Waals surface area (Å²) in [7, 11) is 3.61. The van der Waals surface area contributed by atoms with Gasteiger partial charge in [0.1, 0.15) is 5.75 Å². The molecule has 1 aliphatic carbocycles. The van der Waals surface area contributed by atoms with E-state index in [1.807, 2.05) is 29.3 Å². The Morgan fingerprint density at radius 1 is 0.914 bits per heavy atom. The van der Waals surface area contributed by atoms with E-state index < -0.39 is 21.2 Å². The van der Waals surface area contributed by atoms with Gasteiger partial charge in [-0.15, -0.1) is 0 Å². The second-order valence-corrected chi connectivity index (χ2v) is 19.1. The number of piperazine rings is 1. The van der Waals surface area contributed by atoms with Gasteiger partial charge in [-0.2, -0.15) is 0 Å². The molecule has 4 fully saturated rings. The van der Waals surface area contributed by atoms with Crippen LogP contribution in [-0.2, 0) is 14.4 Å². The molecule has 2 aromatic heterocycles. The number of nitrogens with zero attached hydrogens (tertiary/aromatic N) is 7. The molecular formula is C44H54IN8O5-. The van der Waals surface area contributed by atoms with Gasteiger partial charge in [0.25, 0.3) is 5.91 Å². The van der Waals surface area contributed by atoms with Crippen LogP contribution in [0.1, 0.15) is 85.8 Å². The number of rotatable bonds is 12. The number of fused-ring (bicyclic) bond motifs is 1. The maximum absolute atomic E-state index is 13.1. The summed E-state index contributed by atoms with van der Waals surface area (Å²) in [6, 6.07) is 18.5. The van der Waals surface area contributed by atoms with Crippen molar-refractivity contribution in [2.75, 3.05) is 71.4 Å². The second kappa shape index (κ2) is 18.1. The molecule has 4 aromatic rings. The van der Waals surface area contributed by atoms with E-state index in [0.29, 0.717) is 36.2 Å². The molecule has 58 heavy (non-hydrogen) atoms. The zero-order chi connectivity index (χ0) is 40.2. The Hall–Kier alpha value is -4.57. The summed E-state index contributed by atoms with van der Waals surface area (Å²) in [6.07, 6.45) is 10.4. The Kier molecular flexibility index (Phi) is 12.6. The average Bonchev–Trinajstić information content (AvgIpc) is 3.91. The van der Waals surface area contributed by atoms with Crippen LogP contribution >= 0.6 is 0 Å². The van der Waals surface area contributed by atoms with Crippen LogP contribution in [0.2, 0.25) is 0 Å². The fraction of sp³-hybridized carbons (Fsp3) is 0.500. The third-order valence-corrected chi connectivity index (χ3v) is 14.6. The molecule has 4 aliphatic rings. The van der Waals surface area contributed by atoms with E-state index in [0.717, 1.165) is 98.3 Å². The fourth-order valence-corrected chi connectivity index (χ4v) is 10.8. The minimum atomic E-state index is -0.572. The summed E-state index contributed by atoms with van der Waals surface area (Å²) < 4.78 is 10.2. The normalized spacial score (nSPS) is 19.9. The number of halogens is 1. The summed E-state index contributed by atoms with van der Waals surface area (Å²) in [4.78, 5) is 68.4. The predicted molar refractivity (Wildman–Crippen MR) is 217 cm³/mol. The van der Waals surface area contributed by atoms with Crippen LogP contribution in [0.5, 0.6) is 5.75 Å². The molecule has 4 amide bonds. The van der Waals surface area contributed by atoms with E-state index >= 15 is 0 Å². The molecule has 0 bridgehead atoms. The number of anilines is 1. The third kappa shape index (κ3) is 9.33. The molecule has 14 heteroatoms. The summed E-state index contributed by atoms with van der Waals surface area (Å²) in [5.74, 6) is 0.280. The molecule has 2 aromatic carbocycles. The van der Waals surface area contributed by atoms with Crippen molar-refractivity contribution >= 4 is 40.3 Å². The number of aromatic nitrogens is 3. The van der Waals surface area contributed by atoms with Crippen molar-refractivity contribution in [3.63, 3.8) is 0 Å². The van der Waals surface area contributed by atoms with E-state index in [2.05, 4.69) is 43.9 Å². The average molecular weight is 902 g/mol. The van der Waals surface area contributed by atoms with Crippen LogP contribution in [0.4, 0.5) is 5.69 Å². The summed E-state index contributed by atoms with van der Waals surface area (Å²) in [5, 5.41) is 3.35. The van der Waals surface area contributed by atoms with Crippen molar-refractivity contribution < 1.29 is 45.1 Å². The molecule has 1 saturated carbocycles. The van der Waals surface area contributed by atoms with Gasteiger partial charge in [-0.1, -0.05) is 12.1 Å². The van der Waals surface area contributed by atoms with Crippen LogP contribution in [0.15, 0.2) is 60.8 Å². The topological polar surface area (TPSA) is 133 Å². The number of benzene rings is 2. The number of hydrogen-bond acceptors (Lipinski definition) is 9. The SMILES string of the molecule is CN(C)C(=O)c1cc2cnc([I-]c3ccc(N4CCN(CCC5CCN(C(=O)COc6cccc(C7CCC(=O)NC7=O)c6)CC5)CC4)cc3)nc2n1C1CCCC1. The van der Waals surface area contributed by atoms with E-state index in [1.165, 1.54) is 22.1 Å². The van der Waals surface area contributed by atoms with Crippen molar-refractivity contribution in [2.45, 2.75) is 69.7 Å². The second-order valence-electron chi connectivity index (χ2n) is 16.3. The number of likely N-dealkylation sites (tertiary alicyclic amines) is 1. The van der Waals surface area contributed by atoms with Gasteiger partial charge in [-0.25, -0.2) is 0 Å². The summed E-state index contributed by atoms with van der Waals surface area (Å²) in [5.41, 5.74) is 3.67. The molecule has 0 radical (unpaired) electrons. The Bertz CT molecular complexity index is 2120. The molecule has 1 unspecified atom stereocenters. The molecular weight excluding hydrogens is 847 g/mol. The van der Waals surface area contributed by atoms with Crippen molar-refractivity contribution in [1.29, 1.82) is 0 Å². The van der Waals surface area contributed by atoms with Gasteiger partial charge >= 0.3 is 231 Å². The summed E-state index contributed by atoms with van der Waals surface area (Å²) >= 11 is -0.572. The number of carbonyl (C=O) groups excluding carboxylic acids is 4.